The van der Waals surface area contributed by atoms with Crippen molar-refractivity contribution >= 4 is 23.2 Å². The molecule has 0 aliphatic carbocycles. The van der Waals surface area contributed by atoms with Gasteiger partial charge in [-0.15, -0.1) is 0 Å². The normalized spacial score (nSPS) is 16.3. The van der Waals surface area contributed by atoms with E-state index in [1.54, 1.807) is 35.6 Å². The standard InChI is InChI=1S/C28H24ClN5O/c1-33-18-31-16-26(33)27(20-11-9-19(15-30)10-12-20)32-25-13-21-5-2-3-6-22(21)17-34(28(25)35)24-8-4-7-23(29)14-24/h2-12,14,16,18,25,27,32H,13,17H2,1H3. The number of nitriles is 1. The minimum absolute atomic E-state index is 0.0238. The van der Waals surface area contributed by atoms with Crippen molar-refractivity contribution < 1.29 is 4.79 Å². The Bertz CT molecular complexity index is 1410. The predicted molar refractivity (Wildman–Crippen MR) is 136 cm³/mol. The predicted octanol–water partition coefficient (Wildman–Crippen LogP) is 4.78. The second kappa shape index (κ2) is 9.75. The summed E-state index contributed by atoms with van der Waals surface area (Å²) in [4.78, 5) is 20.1. The van der Waals surface area contributed by atoms with Crippen molar-refractivity contribution in [3.8, 4) is 6.07 Å². The lowest BCUT2D eigenvalue weighted by molar-refractivity contribution is -0.120. The lowest BCUT2D eigenvalue weighted by atomic mass is 9.98. The topological polar surface area (TPSA) is 74.0 Å². The molecular weight excluding hydrogens is 458 g/mol. The molecule has 0 radical (unpaired) electrons. The molecule has 1 aromatic heterocycles. The van der Waals surface area contributed by atoms with Crippen LogP contribution in [0, 0.1) is 11.3 Å². The number of nitrogens with one attached hydrogen (secondary N) is 1. The van der Waals surface area contributed by atoms with Crippen molar-refractivity contribution in [1.82, 2.24) is 14.9 Å². The molecule has 0 bridgehead atoms. The van der Waals surface area contributed by atoms with Gasteiger partial charge in [-0.2, -0.15) is 5.26 Å². The van der Waals surface area contributed by atoms with Crippen LogP contribution in [-0.2, 0) is 24.8 Å². The van der Waals surface area contributed by atoms with Crippen LogP contribution >= 0.6 is 11.6 Å². The molecule has 35 heavy (non-hydrogen) atoms. The van der Waals surface area contributed by atoms with Crippen molar-refractivity contribution in [3.05, 3.63) is 118 Å². The molecule has 174 valence electrons. The number of carbonyl (C=O) groups excluding carboxylic acids is 1. The van der Waals surface area contributed by atoms with Crippen LogP contribution in [0.25, 0.3) is 0 Å². The first-order chi connectivity index (χ1) is 17.0. The average Bonchev–Trinajstić information content (AvgIpc) is 3.24. The van der Waals surface area contributed by atoms with Gasteiger partial charge in [-0.3, -0.25) is 10.1 Å². The van der Waals surface area contributed by atoms with E-state index in [0.29, 0.717) is 23.6 Å². The molecule has 1 N–H and O–H groups in total. The molecule has 0 fully saturated rings. The molecule has 5 rings (SSSR count). The first-order valence-corrected chi connectivity index (χ1v) is 11.8. The number of aromatic nitrogens is 2. The van der Waals surface area contributed by atoms with Gasteiger partial charge in [0.25, 0.3) is 0 Å². The third-order valence-electron chi connectivity index (χ3n) is 6.45. The monoisotopic (exact) mass is 481 g/mol. The van der Waals surface area contributed by atoms with Crippen molar-refractivity contribution in [2.45, 2.75) is 25.0 Å². The fourth-order valence-corrected chi connectivity index (χ4v) is 4.78. The van der Waals surface area contributed by atoms with Crippen LogP contribution in [0.15, 0.2) is 85.3 Å². The van der Waals surface area contributed by atoms with Gasteiger partial charge in [0.05, 0.1) is 48.5 Å². The van der Waals surface area contributed by atoms with Crippen LogP contribution in [0.5, 0.6) is 0 Å². The number of halogens is 1. The minimum Gasteiger partial charge on any atom is -0.336 e. The van der Waals surface area contributed by atoms with Gasteiger partial charge in [-0.25, -0.2) is 4.98 Å². The molecule has 3 aromatic carbocycles. The van der Waals surface area contributed by atoms with Crippen molar-refractivity contribution in [2.24, 2.45) is 7.05 Å². The van der Waals surface area contributed by atoms with E-state index in [-0.39, 0.29) is 11.9 Å². The summed E-state index contributed by atoms with van der Waals surface area (Å²) in [5.74, 6) is -0.0238. The van der Waals surface area contributed by atoms with Gasteiger partial charge >= 0.3 is 0 Å². The molecule has 1 aliphatic rings. The Morgan fingerprint density at radius 3 is 2.54 bits per heavy atom. The molecule has 0 saturated heterocycles. The maximum atomic E-state index is 14.0. The lowest BCUT2D eigenvalue weighted by Gasteiger charge is -2.29. The zero-order valence-corrected chi connectivity index (χ0v) is 20.0. The van der Waals surface area contributed by atoms with Crippen molar-refractivity contribution in [2.75, 3.05) is 4.90 Å². The van der Waals surface area contributed by atoms with Gasteiger partial charge in [-0.1, -0.05) is 54.1 Å². The van der Waals surface area contributed by atoms with E-state index < -0.39 is 6.04 Å². The summed E-state index contributed by atoms with van der Waals surface area (Å²) in [7, 11) is 1.93. The summed E-state index contributed by atoms with van der Waals surface area (Å²) in [6.07, 6.45) is 4.10. The highest BCUT2D eigenvalue weighted by Gasteiger charge is 2.33. The third-order valence-corrected chi connectivity index (χ3v) is 6.68. The molecule has 2 atom stereocenters. The molecular formula is C28H24ClN5O. The van der Waals surface area contributed by atoms with Gasteiger partial charge in [0, 0.05) is 17.8 Å². The van der Waals surface area contributed by atoms with E-state index in [1.165, 1.54) is 0 Å². The smallest absolute Gasteiger partial charge is 0.244 e. The zero-order valence-electron chi connectivity index (χ0n) is 19.2. The Hall–Kier alpha value is -3.92. The lowest BCUT2D eigenvalue weighted by Crippen LogP contribution is -2.47. The minimum atomic E-state index is -0.492. The summed E-state index contributed by atoms with van der Waals surface area (Å²) in [6, 6.07) is 24.4. The highest BCUT2D eigenvalue weighted by Crippen LogP contribution is 2.29. The molecule has 2 unspecified atom stereocenters. The molecule has 1 amide bonds. The van der Waals surface area contributed by atoms with Gasteiger partial charge in [0.2, 0.25) is 5.91 Å². The number of nitrogens with zero attached hydrogens (tertiary/aromatic N) is 4. The van der Waals surface area contributed by atoms with Crippen LogP contribution in [0.4, 0.5) is 5.69 Å². The number of rotatable bonds is 5. The number of amides is 1. The van der Waals surface area contributed by atoms with E-state index in [2.05, 4.69) is 28.5 Å². The maximum Gasteiger partial charge on any atom is 0.244 e. The van der Waals surface area contributed by atoms with E-state index in [1.807, 2.05) is 54.1 Å². The van der Waals surface area contributed by atoms with Crippen LogP contribution < -0.4 is 10.2 Å². The first-order valence-electron chi connectivity index (χ1n) is 11.4. The fourth-order valence-electron chi connectivity index (χ4n) is 4.60. The summed E-state index contributed by atoms with van der Waals surface area (Å²) in [5, 5.41) is 13.4. The highest BCUT2D eigenvalue weighted by molar-refractivity contribution is 6.30. The van der Waals surface area contributed by atoms with Crippen molar-refractivity contribution in [3.63, 3.8) is 0 Å². The quantitative estimate of drug-likeness (QED) is 0.445. The summed E-state index contributed by atoms with van der Waals surface area (Å²) >= 11 is 6.28. The highest BCUT2D eigenvalue weighted by atomic mass is 35.5. The van der Waals surface area contributed by atoms with E-state index in [4.69, 9.17) is 11.6 Å². The van der Waals surface area contributed by atoms with Gasteiger partial charge in [0.15, 0.2) is 0 Å². The number of hydrogen-bond donors (Lipinski definition) is 1. The van der Waals surface area contributed by atoms with Crippen LogP contribution in [-0.4, -0.2) is 21.5 Å². The van der Waals surface area contributed by atoms with Gasteiger partial charge in [0.1, 0.15) is 0 Å². The van der Waals surface area contributed by atoms with Gasteiger partial charge < -0.3 is 9.47 Å². The summed E-state index contributed by atoms with van der Waals surface area (Å²) < 4.78 is 1.94. The van der Waals surface area contributed by atoms with Crippen LogP contribution in [0.2, 0.25) is 5.02 Å². The van der Waals surface area contributed by atoms with E-state index in [9.17, 15) is 10.1 Å². The first kappa shape index (κ1) is 22.9. The summed E-state index contributed by atoms with van der Waals surface area (Å²) in [6.45, 7) is 0.473. The number of benzene rings is 3. The molecule has 6 nitrogen and oxygen atoms in total. The molecule has 0 saturated carbocycles. The SMILES string of the molecule is Cn1cncc1C(NC1Cc2ccccc2CN(c2cccc(Cl)c2)C1=O)c1ccc(C#N)cc1. The zero-order chi connectivity index (χ0) is 24.4. The molecule has 4 aromatic rings. The van der Waals surface area contributed by atoms with E-state index in [0.717, 1.165) is 28.1 Å². The van der Waals surface area contributed by atoms with Crippen LogP contribution in [0.3, 0.4) is 0 Å². The Morgan fingerprint density at radius 2 is 1.86 bits per heavy atom. The Balaban J connectivity index is 1.56. The summed E-state index contributed by atoms with van der Waals surface area (Å²) in [5.41, 5.74) is 5.47. The Kier molecular flexibility index (Phi) is 6.37. The van der Waals surface area contributed by atoms with Crippen LogP contribution in [0.1, 0.15) is 34.0 Å². The number of aryl methyl sites for hydroxylation is 1. The van der Waals surface area contributed by atoms with Crippen molar-refractivity contribution in [1.29, 1.82) is 5.26 Å². The number of anilines is 1. The molecule has 2 heterocycles. The number of carbonyl (C=O) groups is 1. The van der Waals surface area contributed by atoms with Gasteiger partial charge in [-0.05, 0) is 53.4 Å². The third kappa shape index (κ3) is 4.69. The number of imidazole rings is 1. The number of fused-ring (bicyclic) bond motifs is 1. The Labute approximate surface area is 209 Å². The second-order valence-electron chi connectivity index (χ2n) is 8.69. The molecule has 0 spiro atoms. The molecule has 7 heteroatoms. The molecule has 1 aliphatic heterocycles. The number of hydrogen-bond acceptors (Lipinski definition) is 4. The largest absolute Gasteiger partial charge is 0.336 e. The fraction of sp³-hybridized carbons (Fsp3) is 0.179. The maximum absolute atomic E-state index is 14.0. The average molecular weight is 482 g/mol. The van der Waals surface area contributed by atoms with E-state index >= 15 is 0 Å². The second-order valence-corrected chi connectivity index (χ2v) is 9.13. The Morgan fingerprint density at radius 1 is 1.09 bits per heavy atom.